The second-order valence-corrected chi connectivity index (χ2v) is 3.45. The first-order valence-corrected chi connectivity index (χ1v) is 4.41. The highest BCUT2D eigenvalue weighted by Crippen LogP contribution is 2.47. The van der Waals surface area contributed by atoms with E-state index in [1.165, 1.54) is 18.4 Å². The molecule has 0 aliphatic heterocycles. The molecule has 0 heteroatoms. The van der Waals surface area contributed by atoms with E-state index in [1.807, 2.05) is 0 Å². The monoisotopic (exact) mass is 138 g/mol. The Labute approximate surface area is 64.3 Å². The zero-order chi connectivity index (χ0) is 7.72. The van der Waals surface area contributed by atoms with Crippen molar-refractivity contribution in [2.75, 3.05) is 0 Å². The summed E-state index contributed by atoms with van der Waals surface area (Å²) in [6, 6.07) is 0. The molecular formula is C10H18. The van der Waals surface area contributed by atoms with E-state index in [4.69, 9.17) is 0 Å². The van der Waals surface area contributed by atoms with Crippen molar-refractivity contribution < 1.29 is 0 Å². The molecule has 0 aromatic carbocycles. The van der Waals surface area contributed by atoms with E-state index in [-0.39, 0.29) is 0 Å². The third-order valence-electron chi connectivity index (χ3n) is 3.13. The summed E-state index contributed by atoms with van der Waals surface area (Å²) in [5.74, 6) is 2.59. The van der Waals surface area contributed by atoms with E-state index < -0.39 is 0 Å². The lowest BCUT2D eigenvalue weighted by atomic mass is 9.60. The molecule has 1 saturated carbocycles. The molecule has 3 atom stereocenters. The fraction of sp³-hybridized carbons (Fsp3) is 0.800. The van der Waals surface area contributed by atoms with Gasteiger partial charge in [0.15, 0.2) is 0 Å². The molecule has 1 aliphatic carbocycles. The highest BCUT2D eigenvalue weighted by atomic mass is 14.4. The van der Waals surface area contributed by atoms with Crippen LogP contribution in [0.1, 0.15) is 33.6 Å². The minimum absolute atomic E-state index is 0.801. The maximum atomic E-state index is 4.09. The molecule has 1 rings (SSSR count). The highest BCUT2D eigenvalue weighted by Gasteiger charge is 2.38. The van der Waals surface area contributed by atoms with Crippen LogP contribution in [0.2, 0.25) is 0 Å². The molecule has 0 amide bonds. The molecule has 0 bridgehead atoms. The van der Waals surface area contributed by atoms with Crippen LogP contribution in [0, 0.1) is 17.8 Å². The van der Waals surface area contributed by atoms with Gasteiger partial charge in [-0.1, -0.05) is 39.3 Å². The van der Waals surface area contributed by atoms with E-state index in [9.17, 15) is 0 Å². The first-order chi connectivity index (χ1) is 4.72. The molecule has 0 aromatic heterocycles. The fourth-order valence-electron chi connectivity index (χ4n) is 2.32. The van der Waals surface area contributed by atoms with Crippen LogP contribution in [-0.4, -0.2) is 0 Å². The number of rotatable bonds is 2. The Morgan fingerprint density at radius 2 is 1.90 bits per heavy atom. The molecule has 0 saturated heterocycles. The third-order valence-corrected chi connectivity index (χ3v) is 3.13. The lowest BCUT2D eigenvalue weighted by molar-refractivity contribution is 0.175. The number of hydrogen-bond acceptors (Lipinski definition) is 0. The Hall–Kier alpha value is -0.260. The van der Waals surface area contributed by atoms with Gasteiger partial charge in [0.1, 0.15) is 0 Å². The minimum atomic E-state index is 0.801. The normalized spacial score (nSPS) is 39.5. The second kappa shape index (κ2) is 2.77. The van der Waals surface area contributed by atoms with E-state index in [1.54, 1.807) is 0 Å². The van der Waals surface area contributed by atoms with E-state index in [2.05, 4.69) is 27.4 Å². The maximum Gasteiger partial charge on any atom is -0.0172 e. The minimum Gasteiger partial charge on any atom is -0.0993 e. The summed E-state index contributed by atoms with van der Waals surface area (Å²) >= 11 is 0. The summed E-state index contributed by atoms with van der Waals surface area (Å²) in [6.07, 6.45) is 2.63. The van der Waals surface area contributed by atoms with Crippen molar-refractivity contribution >= 4 is 0 Å². The van der Waals surface area contributed by atoms with Crippen molar-refractivity contribution in [3.63, 3.8) is 0 Å². The molecule has 58 valence electrons. The zero-order valence-corrected chi connectivity index (χ0v) is 7.35. The van der Waals surface area contributed by atoms with Crippen LogP contribution in [0.15, 0.2) is 12.2 Å². The zero-order valence-electron chi connectivity index (χ0n) is 7.35. The van der Waals surface area contributed by atoms with Crippen LogP contribution < -0.4 is 0 Å². The van der Waals surface area contributed by atoms with Crippen molar-refractivity contribution in [3.8, 4) is 0 Å². The fourth-order valence-corrected chi connectivity index (χ4v) is 2.32. The Balaban J connectivity index is 2.52. The summed E-state index contributed by atoms with van der Waals surface area (Å²) in [5.41, 5.74) is 1.49. The number of hydrogen-bond donors (Lipinski definition) is 0. The van der Waals surface area contributed by atoms with Crippen LogP contribution in [0.25, 0.3) is 0 Å². The van der Waals surface area contributed by atoms with E-state index in [0.717, 1.165) is 17.8 Å². The van der Waals surface area contributed by atoms with Gasteiger partial charge in [0, 0.05) is 0 Å². The molecule has 1 aliphatic rings. The number of allylic oxidation sites excluding steroid dienone is 1. The van der Waals surface area contributed by atoms with Gasteiger partial charge in [0.05, 0.1) is 0 Å². The SMILES string of the molecule is C=C1C(C)C(CC)C1CC. The first-order valence-electron chi connectivity index (χ1n) is 4.41. The van der Waals surface area contributed by atoms with Crippen molar-refractivity contribution in [3.05, 3.63) is 12.2 Å². The summed E-state index contributed by atoms with van der Waals surface area (Å²) in [5, 5.41) is 0. The highest BCUT2D eigenvalue weighted by molar-refractivity contribution is 5.18. The Bertz CT molecular complexity index is 135. The molecule has 10 heavy (non-hydrogen) atoms. The predicted molar refractivity (Wildman–Crippen MR) is 45.9 cm³/mol. The standard InChI is InChI=1S/C10H18/c1-5-9-7(3)8(4)10(9)6-2/h8-10H,3,5-6H2,1-2,4H3. The van der Waals surface area contributed by atoms with Crippen molar-refractivity contribution in [2.24, 2.45) is 17.8 Å². The molecule has 0 aromatic rings. The average molecular weight is 138 g/mol. The van der Waals surface area contributed by atoms with Gasteiger partial charge < -0.3 is 0 Å². The van der Waals surface area contributed by atoms with Crippen molar-refractivity contribution in [2.45, 2.75) is 33.6 Å². The van der Waals surface area contributed by atoms with Gasteiger partial charge >= 0.3 is 0 Å². The van der Waals surface area contributed by atoms with Gasteiger partial charge in [-0.3, -0.25) is 0 Å². The lowest BCUT2D eigenvalue weighted by Gasteiger charge is -2.45. The molecule has 1 fully saturated rings. The topological polar surface area (TPSA) is 0 Å². The molecule has 0 radical (unpaired) electrons. The molecule has 0 N–H and O–H groups in total. The smallest absolute Gasteiger partial charge is 0.0172 e. The largest absolute Gasteiger partial charge is 0.0993 e. The average Bonchev–Trinajstić information content (AvgIpc) is 1.97. The lowest BCUT2D eigenvalue weighted by Crippen LogP contribution is -2.36. The van der Waals surface area contributed by atoms with E-state index in [0.29, 0.717) is 0 Å². The Kier molecular flexibility index (Phi) is 2.18. The van der Waals surface area contributed by atoms with Crippen LogP contribution >= 0.6 is 0 Å². The van der Waals surface area contributed by atoms with Gasteiger partial charge in [-0.15, -0.1) is 0 Å². The van der Waals surface area contributed by atoms with Gasteiger partial charge in [0.25, 0.3) is 0 Å². The van der Waals surface area contributed by atoms with Crippen molar-refractivity contribution in [1.29, 1.82) is 0 Å². The molecular weight excluding hydrogens is 120 g/mol. The maximum absolute atomic E-state index is 4.09. The molecule has 0 heterocycles. The second-order valence-electron chi connectivity index (χ2n) is 3.45. The van der Waals surface area contributed by atoms with Gasteiger partial charge in [-0.25, -0.2) is 0 Å². The summed E-state index contributed by atoms with van der Waals surface area (Å²) in [4.78, 5) is 0. The van der Waals surface area contributed by atoms with Crippen molar-refractivity contribution in [1.82, 2.24) is 0 Å². The molecule has 0 nitrogen and oxygen atoms in total. The van der Waals surface area contributed by atoms with Gasteiger partial charge in [-0.2, -0.15) is 0 Å². The quantitative estimate of drug-likeness (QED) is 0.514. The van der Waals surface area contributed by atoms with Crippen LogP contribution in [-0.2, 0) is 0 Å². The van der Waals surface area contributed by atoms with Gasteiger partial charge in [-0.05, 0) is 24.2 Å². The van der Waals surface area contributed by atoms with Crippen LogP contribution in [0.4, 0.5) is 0 Å². The van der Waals surface area contributed by atoms with Crippen LogP contribution in [0.5, 0.6) is 0 Å². The van der Waals surface area contributed by atoms with Gasteiger partial charge in [0.2, 0.25) is 0 Å². The summed E-state index contributed by atoms with van der Waals surface area (Å²) in [7, 11) is 0. The van der Waals surface area contributed by atoms with E-state index >= 15 is 0 Å². The predicted octanol–water partition coefficient (Wildman–Crippen LogP) is 3.24. The molecule has 3 unspecified atom stereocenters. The summed E-state index contributed by atoms with van der Waals surface area (Å²) in [6.45, 7) is 11.0. The Morgan fingerprint density at radius 1 is 1.30 bits per heavy atom. The molecule has 0 spiro atoms. The van der Waals surface area contributed by atoms with Crippen LogP contribution in [0.3, 0.4) is 0 Å². The first kappa shape index (κ1) is 7.84. The third kappa shape index (κ3) is 0.902. The summed E-state index contributed by atoms with van der Waals surface area (Å²) < 4.78 is 0. The Morgan fingerprint density at radius 3 is 2.20 bits per heavy atom.